The fraction of sp³-hybridized carbons (Fsp3) is 0.556. The van der Waals surface area contributed by atoms with E-state index >= 15 is 0 Å². The Balaban J connectivity index is 1.85. The Morgan fingerprint density at radius 1 is 1.09 bits per heavy atom. The van der Waals surface area contributed by atoms with Crippen LogP contribution < -0.4 is 4.74 Å². The zero-order valence-corrected chi connectivity index (χ0v) is 14.4. The van der Waals surface area contributed by atoms with Gasteiger partial charge in [-0.2, -0.15) is 0 Å². The van der Waals surface area contributed by atoms with E-state index in [9.17, 15) is 0 Å². The van der Waals surface area contributed by atoms with Gasteiger partial charge >= 0.3 is 0 Å². The fourth-order valence-electron chi connectivity index (χ4n) is 3.01. The van der Waals surface area contributed by atoms with E-state index in [1.807, 2.05) is 12.1 Å². The minimum Gasteiger partial charge on any atom is -0.464 e. The van der Waals surface area contributed by atoms with Crippen molar-refractivity contribution in [3.8, 4) is 5.75 Å². The summed E-state index contributed by atoms with van der Waals surface area (Å²) in [7, 11) is 0. The second kappa shape index (κ2) is 7.62. The summed E-state index contributed by atoms with van der Waals surface area (Å²) >= 11 is 3.71. The van der Waals surface area contributed by atoms with Crippen LogP contribution in [0.1, 0.15) is 55.8 Å². The lowest BCUT2D eigenvalue weighted by atomic mass is 9.99. The summed E-state index contributed by atoms with van der Waals surface area (Å²) in [4.78, 5) is 0. The quantitative estimate of drug-likeness (QED) is 0.729. The van der Waals surface area contributed by atoms with Crippen LogP contribution in [0, 0.1) is 0 Å². The molecule has 0 bridgehead atoms. The maximum Gasteiger partial charge on any atom is 0.199 e. The summed E-state index contributed by atoms with van der Waals surface area (Å²) in [6, 6.07) is 4.16. The number of halogens is 1. The Kier molecular flexibility index (Phi) is 5.55. The molecule has 120 valence electrons. The van der Waals surface area contributed by atoms with Crippen molar-refractivity contribution in [1.82, 2.24) is 0 Å². The van der Waals surface area contributed by atoms with E-state index in [0.717, 1.165) is 66.7 Å². The molecular formula is C18H23BrO3. The van der Waals surface area contributed by atoms with E-state index in [4.69, 9.17) is 14.2 Å². The number of ether oxygens (including phenoxy) is 3. The van der Waals surface area contributed by atoms with Gasteiger partial charge in [-0.15, -0.1) is 0 Å². The summed E-state index contributed by atoms with van der Waals surface area (Å²) < 4.78 is 18.7. The lowest BCUT2D eigenvalue weighted by Crippen LogP contribution is -2.25. The Labute approximate surface area is 140 Å². The van der Waals surface area contributed by atoms with Crippen LogP contribution in [-0.2, 0) is 9.47 Å². The molecular weight excluding hydrogens is 344 g/mol. The monoisotopic (exact) mass is 366 g/mol. The van der Waals surface area contributed by atoms with Crippen molar-refractivity contribution in [2.45, 2.75) is 50.9 Å². The van der Waals surface area contributed by atoms with Gasteiger partial charge in [-0.05, 0) is 71.3 Å². The van der Waals surface area contributed by atoms with Crippen LogP contribution in [0.5, 0.6) is 5.75 Å². The molecule has 2 fully saturated rings. The number of hydrogen-bond donors (Lipinski definition) is 0. The van der Waals surface area contributed by atoms with Crippen LogP contribution in [0.4, 0.5) is 0 Å². The molecule has 4 heteroatoms. The summed E-state index contributed by atoms with van der Waals surface area (Å²) in [6.45, 7) is 5.50. The molecule has 0 aliphatic carbocycles. The molecule has 2 aliphatic rings. The van der Waals surface area contributed by atoms with Crippen LogP contribution >= 0.6 is 15.9 Å². The first-order valence-electron chi connectivity index (χ1n) is 8.13. The minimum atomic E-state index is -0.148. The third kappa shape index (κ3) is 3.73. The van der Waals surface area contributed by atoms with Crippen LogP contribution in [-0.4, -0.2) is 19.5 Å². The largest absolute Gasteiger partial charge is 0.464 e. The van der Waals surface area contributed by atoms with Gasteiger partial charge in [0.05, 0.1) is 17.2 Å². The Hall–Kier alpha value is -0.840. The second-order valence-corrected chi connectivity index (χ2v) is 6.69. The summed E-state index contributed by atoms with van der Waals surface area (Å²) in [5.41, 5.74) is 2.21. The summed E-state index contributed by atoms with van der Waals surface area (Å²) in [5, 5.41) is 0. The van der Waals surface area contributed by atoms with E-state index < -0.39 is 0 Å². The third-order valence-corrected chi connectivity index (χ3v) is 5.10. The molecule has 2 saturated heterocycles. The van der Waals surface area contributed by atoms with Crippen molar-refractivity contribution in [3.63, 3.8) is 0 Å². The molecule has 1 aromatic carbocycles. The van der Waals surface area contributed by atoms with Gasteiger partial charge in [-0.3, -0.25) is 0 Å². The molecule has 22 heavy (non-hydrogen) atoms. The molecule has 0 spiro atoms. The smallest absolute Gasteiger partial charge is 0.199 e. The van der Waals surface area contributed by atoms with Gasteiger partial charge in [0.2, 0.25) is 0 Å². The Bertz CT molecular complexity index is 517. The zero-order valence-electron chi connectivity index (χ0n) is 12.9. The van der Waals surface area contributed by atoms with Crippen molar-refractivity contribution >= 4 is 22.0 Å². The molecule has 0 N–H and O–H groups in total. The van der Waals surface area contributed by atoms with Crippen molar-refractivity contribution in [2.24, 2.45) is 0 Å². The summed E-state index contributed by atoms with van der Waals surface area (Å²) in [5.74, 6) is 0.827. The lowest BCUT2D eigenvalue weighted by Gasteiger charge is -2.27. The first-order valence-corrected chi connectivity index (χ1v) is 8.93. The highest BCUT2D eigenvalue weighted by Crippen LogP contribution is 2.39. The average Bonchev–Trinajstić information content (AvgIpc) is 2.58. The molecule has 1 aromatic rings. The number of benzene rings is 1. The number of rotatable bonds is 4. The Morgan fingerprint density at radius 3 is 2.50 bits per heavy atom. The minimum absolute atomic E-state index is 0.137. The summed E-state index contributed by atoms with van der Waals surface area (Å²) in [6.07, 6.45) is 8.47. The van der Waals surface area contributed by atoms with Crippen molar-refractivity contribution in [3.05, 3.63) is 34.3 Å². The van der Waals surface area contributed by atoms with E-state index in [-0.39, 0.29) is 12.4 Å². The molecule has 3 nitrogen and oxygen atoms in total. The molecule has 0 radical (unpaired) electrons. The molecule has 2 aliphatic heterocycles. The van der Waals surface area contributed by atoms with Crippen LogP contribution in [0.15, 0.2) is 23.2 Å². The standard InChI is InChI=1S/C18H23BrO3/c1-2-13-11-14(15-7-3-5-9-20-15)18(19)16(12-13)22-17-8-4-6-10-21-17/h2,11-12,15,17H,1,3-10H2. The highest BCUT2D eigenvalue weighted by molar-refractivity contribution is 9.10. The van der Waals surface area contributed by atoms with Crippen molar-refractivity contribution < 1.29 is 14.2 Å². The topological polar surface area (TPSA) is 27.7 Å². The third-order valence-electron chi connectivity index (χ3n) is 4.25. The predicted molar refractivity (Wildman–Crippen MR) is 91.0 cm³/mol. The van der Waals surface area contributed by atoms with Gasteiger partial charge in [0.25, 0.3) is 0 Å². The molecule has 3 rings (SSSR count). The van der Waals surface area contributed by atoms with Gasteiger partial charge in [-0.25, -0.2) is 0 Å². The van der Waals surface area contributed by atoms with E-state index in [0.29, 0.717) is 0 Å². The highest BCUT2D eigenvalue weighted by Gasteiger charge is 2.23. The van der Waals surface area contributed by atoms with E-state index in [2.05, 4.69) is 28.6 Å². The van der Waals surface area contributed by atoms with Gasteiger partial charge in [0, 0.05) is 13.0 Å². The average molecular weight is 367 g/mol. The SMILES string of the molecule is C=Cc1cc(OC2CCCCO2)c(Br)c(C2CCCCO2)c1. The molecule has 0 saturated carbocycles. The first kappa shape index (κ1) is 16.0. The first-order chi connectivity index (χ1) is 10.8. The molecule has 2 unspecified atom stereocenters. The van der Waals surface area contributed by atoms with Gasteiger partial charge in [0.15, 0.2) is 6.29 Å². The van der Waals surface area contributed by atoms with Crippen molar-refractivity contribution in [2.75, 3.05) is 13.2 Å². The molecule has 0 aromatic heterocycles. The lowest BCUT2D eigenvalue weighted by molar-refractivity contribution is -0.106. The Morgan fingerprint density at radius 2 is 1.86 bits per heavy atom. The predicted octanol–water partition coefficient (Wildman–Crippen LogP) is 5.24. The maximum absolute atomic E-state index is 6.09. The normalized spacial score (nSPS) is 25.7. The maximum atomic E-state index is 6.09. The van der Waals surface area contributed by atoms with Gasteiger partial charge in [0.1, 0.15) is 5.75 Å². The molecule has 2 atom stereocenters. The number of hydrogen-bond acceptors (Lipinski definition) is 3. The van der Waals surface area contributed by atoms with Crippen LogP contribution in [0.3, 0.4) is 0 Å². The molecule has 2 heterocycles. The fourth-order valence-corrected chi connectivity index (χ4v) is 3.59. The van der Waals surface area contributed by atoms with Crippen LogP contribution in [0.25, 0.3) is 6.08 Å². The highest BCUT2D eigenvalue weighted by atomic mass is 79.9. The molecule has 0 amide bonds. The van der Waals surface area contributed by atoms with Gasteiger partial charge in [-0.1, -0.05) is 12.7 Å². The second-order valence-electron chi connectivity index (χ2n) is 5.90. The van der Waals surface area contributed by atoms with Crippen molar-refractivity contribution in [1.29, 1.82) is 0 Å². The van der Waals surface area contributed by atoms with Gasteiger partial charge < -0.3 is 14.2 Å². The zero-order chi connectivity index (χ0) is 15.4. The van der Waals surface area contributed by atoms with E-state index in [1.165, 1.54) is 6.42 Å². The van der Waals surface area contributed by atoms with E-state index in [1.54, 1.807) is 0 Å². The van der Waals surface area contributed by atoms with Crippen LogP contribution in [0.2, 0.25) is 0 Å².